The van der Waals surface area contributed by atoms with Crippen LogP contribution in [0.1, 0.15) is 25.6 Å². The molecule has 0 unspecified atom stereocenters. The molecule has 0 aliphatic rings. The van der Waals surface area contributed by atoms with Crippen molar-refractivity contribution in [2.24, 2.45) is 0 Å². The molecule has 0 aliphatic heterocycles. The standard InChI is InChI=1S/C20H13ClO3S/c21-16-8-3-14(4-9-16)5-12-18(22)15-6-10-17(11-7-15)24-20(23)19-2-1-13-25-19/h1-13H. The molecule has 3 rings (SSSR count). The van der Waals surface area contributed by atoms with Gasteiger partial charge in [-0.3, -0.25) is 4.79 Å². The van der Waals surface area contributed by atoms with Crippen LogP contribution in [0.25, 0.3) is 6.08 Å². The molecule has 3 nitrogen and oxygen atoms in total. The van der Waals surface area contributed by atoms with Crippen LogP contribution in [0.15, 0.2) is 72.1 Å². The lowest BCUT2D eigenvalue weighted by Gasteiger charge is -2.03. The summed E-state index contributed by atoms with van der Waals surface area (Å²) < 4.78 is 5.26. The minimum absolute atomic E-state index is 0.133. The zero-order chi connectivity index (χ0) is 17.6. The normalized spacial score (nSPS) is 10.8. The number of allylic oxidation sites excluding steroid dienone is 1. The Morgan fingerprint density at radius 2 is 1.68 bits per heavy atom. The first-order chi connectivity index (χ1) is 12.1. The van der Waals surface area contributed by atoms with Crippen LogP contribution >= 0.6 is 22.9 Å². The van der Waals surface area contributed by atoms with E-state index in [1.807, 2.05) is 17.5 Å². The lowest BCUT2D eigenvalue weighted by molar-refractivity contribution is 0.0740. The van der Waals surface area contributed by atoms with Gasteiger partial charge in [-0.2, -0.15) is 0 Å². The molecule has 1 aromatic heterocycles. The minimum Gasteiger partial charge on any atom is -0.422 e. The number of ether oxygens (including phenoxy) is 1. The molecule has 0 bridgehead atoms. The van der Waals surface area contributed by atoms with Gasteiger partial charge in [0, 0.05) is 10.6 Å². The third kappa shape index (κ3) is 4.66. The number of esters is 1. The van der Waals surface area contributed by atoms with E-state index in [9.17, 15) is 9.59 Å². The number of benzene rings is 2. The maximum absolute atomic E-state index is 12.2. The fourth-order valence-electron chi connectivity index (χ4n) is 2.08. The third-order valence-electron chi connectivity index (χ3n) is 3.37. The van der Waals surface area contributed by atoms with Gasteiger partial charge in [-0.05, 0) is 59.5 Å². The fraction of sp³-hybridized carbons (Fsp3) is 0. The van der Waals surface area contributed by atoms with Crippen molar-refractivity contribution in [2.75, 3.05) is 0 Å². The number of hydrogen-bond acceptors (Lipinski definition) is 4. The second kappa shape index (κ2) is 7.92. The molecule has 124 valence electrons. The van der Waals surface area contributed by atoms with Crippen LogP contribution in [0.2, 0.25) is 5.02 Å². The number of rotatable bonds is 5. The molecule has 2 aromatic carbocycles. The number of thiophene rings is 1. The Balaban J connectivity index is 1.64. The van der Waals surface area contributed by atoms with E-state index in [2.05, 4.69) is 0 Å². The van der Waals surface area contributed by atoms with E-state index < -0.39 is 5.97 Å². The van der Waals surface area contributed by atoms with Crippen molar-refractivity contribution >= 4 is 40.8 Å². The van der Waals surface area contributed by atoms with E-state index >= 15 is 0 Å². The SMILES string of the molecule is O=C(C=Cc1ccc(Cl)cc1)c1ccc(OC(=O)c2cccs2)cc1. The number of halogens is 1. The van der Waals surface area contributed by atoms with Crippen molar-refractivity contribution in [1.82, 2.24) is 0 Å². The molecule has 0 aliphatic carbocycles. The van der Waals surface area contributed by atoms with Crippen LogP contribution in [-0.4, -0.2) is 11.8 Å². The minimum atomic E-state index is -0.406. The summed E-state index contributed by atoms with van der Waals surface area (Å²) in [4.78, 5) is 24.6. The molecule has 0 saturated carbocycles. The van der Waals surface area contributed by atoms with Gasteiger partial charge in [0.05, 0.1) is 0 Å². The number of carbonyl (C=O) groups is 2. The Labute approximate surface area is 154 Å². The van der Waals surface area contributed by atoms with Gasteiger partial charge in [0.15, 0.2) is 5.78 Å². The molecule has 0 spiro atoms. The first-order valence-electron chi connectivity index (χ1n) is 7.45. The van der Waals surface area contributed by atoms with Gasteiger partial charge < -0.3 is 4.74 Å². The molecule has 25 heavy (non-hydrogen) atoms. The largest absolute Gasteiger partial charge is 0.422 e. The molecule has 5 heteroatoms. The fourth-order valence-corrected chi connectivity index (χ4v) is 2.81. The Kier molecular flexibility index (Phi) is 5.43. The Morgan fingerprint density at radius 3 is 2.32 bits per heavy atom. The monoisotopic (exact) mass is 368 g/mol. The molecular weight excluding hydrogens is 356 g/mol. The second-order valence-electron chi connectivity index (χ2n) is 5.14. The highest BCUT2D eigenvalue weighted by Crippen LogP contribution is 2.17. The molecule has 0 atom stereocenters. The molecule has 0 fully saturated rings. The van der Waals surface area contributed by atoms with Crippen LogP contribution in [0, 0.1) is 0 Å². The van der Waals surface area contributed by atoms with Crippen LogP contribution in [0.4, 0.5) is 0 Å². The Bertz CT molecular complexity index is 895. The predicted molar refractivity (Wildman–Crippen MR) is 101 cm³/mol. The zero-order valence-corrected chi connectivity index (χ0v) is 14.6. The quantitative estimate of drug-likeness (QED) is 0.258. The number of carbonyl (C=O) groups excluding carboxylic acids is 2. The van der Waals surface area contributed by atoms with E-state index in [-0.39, 0.29) is 5.78 Å². The van der Waals surface area contributed by atoms with Crippen molar-refractivity contribution in [1.29, 1.82) is 0 Å². The van der Waals surface area contributed by atoms with Gasteiger partial charge in [-0.15, -0.1) is 11.3 Å². The van der Waals surface area contributed by atoms with Gasteiger partial charge in [-0.25, -0.2) is 4.79 Å². The summed E-state index contributed by atoms with van der Waals surface area (Å²) in [5, 5.41) is 2.46. The van der Waals surface area contributed by atoms with Crippen molar-refractivity contribution in [2.45, 2.75) is 0 Å². The van der Waals surface area contributed by atoms with Gasteiger partial charge in [0.2, 0.25) is 0 Å². The number of hydrogen-bond donors (Lipinski definition) is 0. The Morgan fingerprint density at radius 1 is 0.960 bits per heavy atom. The summed E-state index contributed by atoms with van der Waals surface area (Å²) in [7, 11) is 0. The predicted octanol–water partition coefficient (Wildman–Crippen LogP) is 5.52. The average Bonchev–Trinajstić information content (AvgIpc) is 3.16. The molecule has 0 radical (unpaired) electrons. The highest BCUT2D eigenvalue weighted by atomic mass is 35.5. The van der Waals surface area contributed by atoms with E-state index in [0.717, 1.165) is 5.56 Å². The summed E-state index contributed by atoms with van der Waals surface area (Å²) in [6, 6.07) is 17.2. The van der Waals surface area contributed by atoms with Gasteiger partial charge in [-0.1, -0.05) is 35.9 Å². The first-order valence-corrected chi connectivity index (χ1v) is 8.71. The lowest BCUT2D eigenvalue weighted by Crippen LogP contribution is -2.06. The summed E-state index contributed by atoms with van der Waals surface area (Å²) >= 11 is 7.15. The van der Waals surface area contributed by atoms with E-state index in [0.29, 0.717) is 21.2 Å². The van der Waals surface area contributed by atoms with Crippen molar-refractivity contribution < 1.29 is 14.3 Å². The molecule has 3 aromatic rings. The van der Waals surface area contributed by atoms with Crippen LogP contribution in [0.3, 0.4) is 0 Å². The molecule has 0 N–H and O–H groups in total. The Hall–Kier alpha value is -2.69. The molecule has 1 heterocycles. The summed E-state index contributed by atoms with van der Waals surface area (Å²) in [5.74, 6) is -0.139. The second-order valence-corrected chi connectivity index (χ2v) is 6.52. The van der Waals surface area contributed by atoms with Crippen LogP contribution in [-0.2, 0) is 0 Å². The lowest BCUT2D eigenvalue weighted by atomic mass is 10.1. The third-order valence-corrected chi connectivity index (χ3v) is 4.47. The zero-order valence-electron chi connectivity index (χ0n) is 13.0. The van der Waals surface area contributed by atoms with Gasteiger partial charge in [0.1, 0.15) is 10.6 Å². The van der Waals surface area contributed by atoms with E-state index in [1.165, 1.54) is 17.4 Å². The smallest absolute Gasteiger partial charge is 0.353 e. The number of ketones is 1. The average molecular weight is 369 g/mol. The van der Waals surface area contributed by atoms with Crippen LogP contribution in [0.5, 0.6) is 5.75 Å². The molecular formula is C20H13ClO3S. The van der Waals surface area contributed by atoms with E-state index in [1.54, 1.807) is 54.6 Å². The summed E-state index contributed by atoms with van der Waals surface area (Å²) in [6.07, 6.45) is 3.22. The van der Waals surface area contributed by atoms with Gasteiger partial charge in [0.25, 0.3) is 0 Å². The molecule has 0 amide bonds. The van der Waals surface area contributed by atoms with Crippen molar-refractivity contribution in [3.05, 3.63) is 93.1 Å². The highest BCUT2D eigenvalue weighted by molar-refractivity contribution is 7.12. The highest BCUT2D eigenvalue weighted by Gasteiger charge is 2.10. The maximum atomic E-state index is 12.2. The van der Waals surface area contributed by atoms with Crippen LogP contribution < -0.4 is 4.74 Å². The first kappa shape index (κ1) is 17.1. The molecule has 0 saturated heterocycles. The van der Waals surface area contributed by atoms with Gasteiger partial charge >= 0.3 is 5.97 Å². The topological polar surface area (TPSA) is 43.4 Å². The van der Waals surface area contributed by atoms with E-state index in [4.69, 9.17) is 16.3 Å². The maximum Gasteiger partial charge on any atom is 0.353 e. The van der Waals surface area contributed by atoms with Crippen molar-refractivity contribution in [3.8, 4) is 5.75 Å². The summed E-state index contributed by atoms with van der Waals surface area (Å²) in [6.45, 7) is 0. The summed E-state index contributed by atoms with van der Waals surface area (Å²) in [5.41, 5.74) is 1.40. The van der Waals surface area contributed by atoms with Crippen molar-refractivity contribution in [3.63, 3.8) is 0 Å².